The van der Waals surface area contributed by atoms with Gasteiger partial charge in [0.2, 0.25) is 0 Å². The third-order valence-corrected chi connectivity index (χ3v) is 5.96. The number of rotatable bonds is 9. The molecule has 30 heavy (non-hydrogen) atoms. The number of aryl methyl sites for hydroxylation is 2. The van der Waals surface area contributed by atoms with E-state index in [1.165, 1.54) is 22.3 Å². The lowest BCUT2D eigenvalue weighted by Gasteiger charge is -2.30. The molecule has 3 rings (SSSR count). The van der Waals surface area contributed by atoms with Crippen molar-refractivity contribution in [2.45, 2.75) is 39.5 Å². The molecule has 1 N–H and O–H groups in total. The molecule has 2 aromatic carbocycles. The van der Waals surface area contributed by atoms with Gasteiger partial charge < -0.3 is 9.84 Å². The van der Waals surface area contributed by atoms with Crippen LogP contribution in [0.15, 0.2) is 54.8 Å². The zero-order valence-corrected chi connectivity index (χ0v) is 18.1. The monoisotopic (exact) mass is 407 g/mol. The van der Waals surface area contributed by atoms with E-state index >= 15 is 0 Å². The van der Waals surface area contributed by atoms with Gasteiger partial charge >= 0.3 is 5.97 Å². The van der Waals surface area contributed by atoms with Gasteiger partial charge in [0, 0.05) is 18.7 Å². The summed E-state index contributed by atoms with van der Waals surface area (Å²) in [6.07, 6.45) is 5.55. The summed E-state index contributed by atoms with van der Waals surface area (Å²) in [5.41, 5.74) is 6.15. The van der Waals surface area contributed by atoms with Crippen LogP contribution in [0, 0.1) is 5.92 Å². The minimum absolute atomic E-state index is 0.252. The molecule has 1 heterocycles. The molecule has 1 aliphatic heterocycles. The van der Waals surface area contributed by atoms with E-state index in [0.29, 0.717) is 13.2 Å². The van der Waals surface area contributed by atoms with Gasteiger partial charge in [-0.25, -0.2) is 0 Å². The zero-order valence-electron chi connectivity index (χ0n) is 18.1. The molecule has 0 aromatic heterocycles. The highest BCUT2D eigenvalue weighted by Gasteiger charge is 2.25. The Balaban J connectivity index is 1.77. The number of benzene rings is 2. The molecule has 0 saturated carbocycles. The quantitative estimate of drug-likeness (QED) is 0.469. The molecule has 0 unspecified atom stereocenters. The maximum Gasteiger partial charge on any atom is 0.307 e. The van der Waals surface area contributed by atoms with Crippen molar-refractivity contribution in [3.63, 3.8) is 0 Å². The summed E-state index contributed by atoms with van der Waals surface area (Å²) < 4.78 is 6.05. The molecule has 1 aliphatic rings. The van der Waals surface area contributed by atoms with Crippen molar-refractivity contribution in [2.75, 3.05) is 26.2 Å². The van der Waals surface area contributed by atoms with Crippen LogP contribution in [-0.4, -0.2) is 42.2 Å². The molecule has 1 fully saturated rings. The molecule has 4 nitrogen and oxygen atoms in total. The second kappa shape index (κ2) is 11.0. The van der Waals surface area contributed by atoms with Gasteiger partial charge in [-0.05, 0) is 54.5 Å². The predicted octanol–water partition coefficient (Wildman–Crippen LogP) is 5.01. The van der Waals surface area contributed by atoms with Crippen LogP contribution in [0.1, 0.15) is 48.9 Å². The Hall–Kier alpha value is -2.59. The van der Waals surface area contributed by atoms with Crippen LogP contribution in [0.5, 0.6) is 0 Å². The molecule has 0 aliphatic carbocycles. The van der Waals surface area contributed by atoms with Crippen LogP contribution in [0.2, 0.25) is 0 Å². The lowest BCUT2D eigenvalue weighted by Crippen LogP contribution is -2.40. The van der Waals surface area contributed by atoms with Crippen LogP contribution in [0.25, 0.3) is 5.57 Å². The Labute approximate surface area is 180 Å². The predicted molar refractivity (Wildman–Crippen MR) is 121 cm³/mol. The van der Waals surface area contributed by atoms with Gasteiger partial charge in [0.1, 0.15) is 6.61 Å². The van der Waals surface area contributed by atoms with Crippen molar-refractivity contribution < 1.29 is 14.6 Å². The normalized spacial score (nSPS) is 16.8. The molecule has 1 saturated heterocycles. The summed E-state index contributed by atoms with van der Waals surface area (Å²) in [6.45, 7) is 7.22. The number of carboxylic acid groups (broad SMARTS) is 1. The number of ether oxygens (including phenoxy) is 1. The standard InChI is InChI=1S/C26H33NO3/c1-3-20-10-5-7-13-23(20)25(24-14-8-6-11-21(24)4-2)19-30-17-16-27-15-9-12-22(18-27)26(28)29/h5-8,10-11,13-14,19,22H,3-4,9,12,15-18H2,1-2H3,(H,28,29)/t22-/m1/s1. The lowest BCUT2D eigenvalue weighted by atomic mass is 9.90. The minimum Gasteiger partial charge on any atom is -0.499 e. The van der Waals surface area contributed by atoms with Gasteiger partial charge in [-0.3, -0.25) is 9.69 Å². The summed E-state index contributed by atoms with van der Waals surface area (Å²) in [4.78, 5) is 13.5. The Kier molecular flexibility index (Phi) is 8.09. The number of carboxylic acids is 1. The Morgan fingerprint density at radius 1 is 1.07 bits per heavy atom. The smallest absolute Gasteiger partial charge is 0.307 e. The van der Waals surface area contributed by atoms with Crippen molar-refractivity contribution in [3.8, 4) is 0 Å². The van der Waals surface area contributed by atoms with Gasteiger partial charge in [0.15, 0.2) is 0 Å². The van der Waals surface area contributed by atoms with E-state index in [9.17, 15) is 9.90 Å². The van der Waals surface area contributed by atoms with E-state index in [-0.39, 0.29) is 5.92 Å². The third-order valence-electron chi connectivity index (χ3n) is 5.96. The number of aliphatic carboxylic acids is 1. The molecule has 0 spiro atoms. The molecule has 0 radical (unpaired) electrons. The van der Waals surface area contributed by atoms with Crippen LogP contribution in [-0.2, 0) is 22.4 Å². The van der Waals surface area contributed by atoms with Gasteiger partial charge in [0.05, 0.1) is 12.2 Å². The van der Waals surface area contributed by atoms with Crippen molar-refractivity contribution in [3.05, 3.63) is 77.0 Å². The summed E-state index contributed by atoms with van der Waals surface area (Å²) >= 11 is 0. The highest BCUT2D eigenvalue weighted by molar-refractivity contribution is 5.82. The first kappa shape index (κ1) is 22.1. The van der Waals surface area contributed by atoms with Crippen LogP contribution >= 0.6 is 0 Å². The Morgan fingerprint density at radius 3 is 2.23 bits per heavy atom. The number of piperidine rings is 1. The van der Waals surface area contributed by atoms with E-state index in [1.807, 2.05) is 6.26 Å². The second-order valence-corrected chi connectivity index (χ2v) is 7.90. The summed E-state index contributed by atoms with van der Waals surface area (Å²) in [7, 11) is 0. The summed E-state index contributed by atoms with van der Waals surface area (Å²) in [5.74, 6) is -0.937. The van der Waals surface area contributed by atoms with Crippen molar-refractivity contribution in [2.24, 2.45) is 5.92 Å². The fraction of sp³-hybridized carbons (Fsp3) is 0.423. The second-order valence-electron chi connectivity index (χ2n) is 7.90. The topological polar surface area (TPSA) is 49.8 Å². The molecule has 1 atom stereocenters. The molecular formula is C26H33NO3. The summed E-state index contributed by atoms with van der Waals surface area (Å²) in [6, 6.07) is 17.0. The van der Waals surface area contributed by atoms with Gasteiger partial charge in [-0.15, -0.1) is 0 Å². The fourth-order valence-electron chi connectivity index (χ4n) is 4.24. The highest BCUT2D eigenvalue weighted by Crippen LogP contribution is 2.29. The minimum atomic E-state index is -0.685. The average molecular weight is 408 g/mol. The Morgan fingerprint density at radius 2 is 1.67 bits per heavy atom. The number of hydrogen-bond acceptors (Lipinski definition) is 3. The Bertz CT molecular complexity index is 825. The fourth-order valence-corrected chi connectivity index (χ4v) is 4.24. The number of likely N-dealkylation sites (tertiary alicyclic amines) is 1. The third kappa shape index (κ3) is 5.51. The van der Waals surface area contributed by atoms with Crippen molar-refractivity contribution >= 4 is 11.5 Å². The van der Waals surface area contributed by atoms with Crippen LogP contribution in [0.4, 0.5) is 0 Å². The van der Waals surface area contributed by atoms with E-state index in [4.69, 9.17) is 4.74 Å². The molecule has 0 amide bonds. The summed E-state index contributed by atoms with van der Waals surface area (Å²) in [5, 5.41) is 9.28. The van der Waals surface area contributed by atoms with Crippen molar-refractivity contribution in [1.82, 2.24) is 4.90 Å². The van der Waals surface area contributed by atoms with Gasteiger partial charge in [-0.1, -0.05) is 62.4 Å². The van der Waals surface area contributed by atoms with Crippen LogP contribution in [0.3, 0.4) is 0 Å². The molecule has 4 heteroatoms. The number of hydrogen-bond donors (Lipinski definition) is 1. The van der Waals surface area contributed by atoms with E-state index in [0.717, 1.165) is 44.3 Å². The maximum absolute atomic E-state index is 11.3. The van der Waals surface area contributed by atoms with E-state index < -0.39 is 5.97 Å². The number of nitrogens with zero attached hydrogens (tertiary/aromatic N) is 1. The van der Waals surface area contributed by atoms with E-state index in [2.05, 4.69) is 67.3 Å². The zero-order chi connectivity index (χ0) is 21.3. The van der Waals surface area contributed by atoms with Gasteiger partial charge in [0.25, 0.3) is 0 Å². The van der Waals surface area contributed by atoms with Crippen LogP contribution < -0.4 is 0 Å². The largest absolute Gasteiger partial charge is 0.499 e. The maximum atomic E-state index is 11.3. The SMILES string of the molecule is CCc1ccccc1C(=COCCN1CCC[C@@H](C(=O)O)C1)c1ccccc1CC. The molecule has 160 valence electrons. The average Bonchev–Trinajstić information content (AvgIpc) is 2.79. The molecule has 0 bridgehead atoms. The lowest BCUT2D eigenvalue weighted by molar-refractivity contribution is -0.143. The van der Waals surface area contributed by atoms with Gasteiger partial charge in [-0.2, -0.15) is 0 Å². The van der Waals surface area contributed by atoms with E-state index in [1.54, 1.807) is 0 Å². The number of carbonyl (C=O) groups is 1. The first-order valence-corrected chi connectivity index (χ1v) is 11.1. The highest BCUT2D eigenvalue weighted by atomic mass is 16.5. The first-order valence-electron chi connectivity index (χ1n) is 11.1. The van der Waals surface area contributed by atoms with Crippen molar-refractivity contribution in [1.29, 1.82) is 0 Å². The molecule has 2 aromatic rings. The molecular weight excluding hydrogens is 374 g/mol. The first-order chi connectivity index (χ1) is 14.6.